The lowest BCUT2D eigenvalue weighted by Gasteiger charge is -2.30. The fourth-order valence-electron chi connectivity index (χ4n) is 1.62. The standard InChI is InChI=1S/C8H14F2O/c1-6(11)7-3-2-4-8(9,10)5-7/h6-7,11H,2-5H2,1H3/t6-,7?/m1/s1. The molecule has 1 aliphatic carbocycles. The van der Waals surface area contributed by atoms with Crippen LogP contribution in [0.25, 0.3) is 0 Å². The Hall–Kier alpha value is -0.180. The summed E-state index contributed by atoms with van der Waals surface area (Å²) < 4.78 is 25.4. The number of aliphatic hydroxyl groups is 1. The first-order valence-electron chi connectivity index (χ1n) is 4.07. The van der Waals surface area contributed by atoms with Gasteiger partial charge in [-0.1, -0.05) is 0 Å². The average Bonchev–Trinajstić information content (AvgIpc) is 1.85. The van der Waals surface area contributed by atoms with E-state index in [-0.39, 0.29) is 18.8 Å². The highest BCUT2D eigenvalue weighted by atomic mass is 19.3. The molecule has 0 aliphatic heterocycles. The molecule has 11 heavy (non-hydrogen) atoms. The molecule has 0 aromatic carbocycles. The van der Waals surface area contributed by atoms with E-state index in [0.29, 0.717) is 6.42 Å². The number of halogens is 2. The van der Waals surface area contributed by atoms with Crippen molar-refractivity contribution >= 4 is 0 Å². The predicted octanol–water partition coefficient (Wildman–Crippen LogP) is 2.19. The van der Waals surface area contributed by atoms with E-state index in [1.54, 1.807) is 6.92 Å². The van der Waals surface area contributed by atoms with Crippen LogP contribution in [-0.4, -0.2) is 17.1 Å². The lowest BCUT2D eigenvalue weighted by molar-refractivity contribution is -0.0726. The molecule has 0 heterocycles. The maximum atomic E-state index is 12.7. The molecule has 1 nitrogen and oxygen atoms in total. The van der Waals surface area contributed by atoms with Gasteiger partial charge in [0.25, 0.3) is 0 Å². The Morgan fingerprint density at radius 1 is 1.55 bits per heavy atom. The van der Waals surface area contributed by atoms with E-state index in [4.69, 9.17) is 5.11 Å². The summed E-state index contributed by atoms with van der Waals surface area (Å²) in [6.07, 6.45) is 0.567. The Morgan fingerprint density at radius 3 is 2.55 bits per heavy atom. The Morgan fingerprint density at radius 2 is 2.18 bits per heavy atom. The van der Waals surface area contributed by atoms with E-state index in [9.17, 15) is 8.78 Å². The highest BCUT2D eigenvalue weighted by Gasteiger charge is 2.37. The Kier molecular flexibility index (Phi) is 2.47. The minimum atomic E-state index is -2.53. The Labute approximate surface area is 65.4 Å². The molecule has 1 rings (SSSR count). The summed E-state index contributed by atoms with van der Waals surface area (Å²) in [5.41, 5.74) is 0. The highest BCUT2D eigenvalue weighted by molar-refractivity contribution is 4.80. The molecule has 0 radical (unpaired) electrons. The molecular weight excluding hydrogens is 150 g/mol. The summed E-state index contributed by atoms with van der Waals surface area (Å²) in [7, 11) is 0. The molecule has 1 fully saturated rings. The van der Waals surface area contributed by atoms with Crippen LogP contribution in [-0.2, 0) is 0 Å². The quantitative estimate of drug-likeness (QED) is 0.629. The van der Waals surface area contributed by atoms with Crippen LogP contribution in [0.4, 0.5) is 8.78 Å². The van der Waals surface area contributed by atoms with Crippen molar-refractivity contribution in [1.29, 1.82) is 0 Å². The number of rotatable bonds is 1. The largest absolute Gasteiger partial charge is 0.393 e. The molecule has 1 aliphatic rings. The van der Waals surface area contributed by atoms with Gasteiger partial charge < -0.3 is 5.11 Å². The van der Waals surface area contributed by atoms with Gasteiger partial charge >= 0.3 is 0 Å². The second kappa shape index (κ2) is 3.05. The molecular formula is C8H14F2O. The molecule has 0 spiro atoms. The number of hydrogen-bond donors (Lipinski definition) is 1. The van der Waals surface area contributed by atoms with Crippen molar-refractivity contribution in [2.45, 2.75) is 44.6 Å². The van der Waals surface area contributed by atoms with Gasteiger partial charge in [0.15, 0.2) is 0 Å². The van der Waals surface area contributed by atoms with E-state index >= 15 is 0 Å². The molecule has 1 saturated carbocycles. The summed E-state index contributed by atoms with van der Waals surface area (Å²) in [5.74, 6) is -2.72. The van der Waals surface area contributed by atoms with Crippen molar-refractivity contribution in [3.05, 3.63) is 0 Å². The molecule has 0 bridgehead atoms. The SMILES string of the molecule is C[C@@H](O)C1CCCC(F)(F)C1. The third kappa shape index (κ3) is 2.40. The van der Waals surface area contributed by atoms with Crippen molar-refractivity contribution in [1.82, 2.24) is 0 Å². The van der Waals surface area contributed by atoms with Gasteiger partial charge in [-0.2, -0.15) is 0 Å². The minimum absolute atomic E-state index is 0.00375. The highest BCUT2D eigenvalue weighted by Crippen LogP contribution is 2.37. The molecule has 0 aromatic rings. The van der Waals surface area contributed by atoms with Crippen molar-refractivity contribution in [2.24, 2.45) is 5.92 Å². The zero-order valence-corrected chi connectivity index (χ0v) is 6.69. The normalized spacial score (nSPS) is 33.3. The van der Waals surface area contributed by atoms with Crippen molar-refractivity contribution in [3.8, 4) is 0 Å². The molecule has 0 amide bonds. The maximum Gasteiger partial charge on any atom is 0.248 e. The number of hydrogen-bond acceptors (Lipinski definition) is 1. The van der Waals surface area contributed by atoms with Crippen LogP contribution in [0.15, 0.2) is 0 Å². The fraction of sp³-hybridized carbons (Fsp3) is 1.00. The summed E-state index contributed by atoms with van der Waals surface area (Å²) in [6, 6.07) is 0. The van der Waals surface area contributed by atoms with Gasteiger partial charge in [0, 0.05) is 12.8 Å². The molecule has 0 aromatic heterocycles. The lowest BCUT2D eigenvalue weighted by Crippen LogP contribution is -2.31. The average molecular weight is 164 g/mol. The third-order valence-electron chi connectivity index (χ3n) is 2.36. The lowest BCUT2D eigenvalue weighted by atomic mass is 9.83. The molecule has 3 heteroatoms. The Bertz CT molecular complexity index is 134. The fourth-order valence-corrected chi connectivity index (χ4v) is 1.62. The minimum Gasteiger partial charge on any atom is -0.393 e. The van der Waals surface area contributed by atoms with Crippen LogP contribution in [0, 0.1) is 5.92 Å². The van der Waals surface area contributed by atoms with Crippen LogP contribution in [0.3, 0.4) is 0 Å². The number of aliphatic hydroxyl groups excluding tert-OH is 1. The van der Waals surface area contributed by atoms with Crippen molar-refractivity contribution < 1.29 is 13.9 Å². The van der Waals surface area contributed by atoms with E-state index < -0.39 is 12.0 Å². The van der Waals surface area contributed by atoms with Crippen LogP contribution < -0.4 is 0 Å². The zero-order chi connectivity index (χ0) is 8.48. The van der Waals surface area contributed by atoms with Gasteiger partial charge in [-0.15, -0.1) is 0 Å². The number of alkyl halides is 2. The molecule has 2 atom stereocenters. The van der Waals surface area contributed by atoms with Gasteiger partial charge in [-0.3, -0.25) is 0 Å². The summed E-state index contributed by atoms with van der Waals surface area (Å²) >= 11 is 0. The van der Waals surface area contributed by atoms with Crippen LogP contribution in [0.2, 0.25) is 0 Å². The summed E-state index contributed by atoms with van der Waals surface area (Å²) in [6.45, 7) is 1.59. The van der Waals surface area contributed by atoms with E-state index in [0.717, 1.165) is 6.42 Å². The zero-order valence-electron chi connectivity index (χ0n) is 6.69. The second-order valence-electron chi connectivity index (χ2n) is 3.45. The second-order valence-corrected chi connectivity index (χ2v) is 3.45. The first kappa shape index (κ1) is 8.91. The van der Waals surface area contributed by atoms with E-state index in [1.807, 2.05) is 0 Å². The topological polar surface area (TPSA) is 20.2 Å². The van der Waals surface area contributed by atoms with Crippen LogP contribution >= 0.6 is 0 Å². The maximum absolute atomic E-state index is 12.7. The van der Waals surface area contributed by atoms with E-state index in [2.05, 4.69) is 0 Å². The molecule has 66 valence electrons. The third-order valence-corrected chi connectivity index (χ3v) is 2.36. The molecule has 1 unspecified atom stereocenters. The Balaban J connectivity index is 2.46. The van der Waals surface area contributed by atoms with Gasteiger partial charge in [-0.25, -0.2) is 8.78 Å². The summed E-state index contributed by atoms with van der Waals surface area (Å²) in [4.78, 5) is 0. The van der Waals surface area contributed by atoms with Crippen LogP contribution in [0.5, 0.6) is 0 Å². The van der Waals surface area contributed by atoms with Gasteiger partial charge in [0.05, 0.1) is 6.10 Å². The summed E-state index contributed by atoms with van der Waals surface area (Å²) in [5, 5.41) is 9.08. The molecule has 1 N–H and O–H groups in total. The van der Waals surface area contributed by atoms with Gasteiger partial charge in [0.1, 0.15) is 0 Å². The van der Waals surface area contributed by atoms with Gasteiger partial charge in [0.2, 0.25) is 5.92 Å². The monoisotopic (exact) mass is 164 g/mol. The smallest absolute Gasteiger partial charge is 0.248 e. The van der Waals surface area contributed by atoms with Crippen molar-refractivity contribution in [2.75, 3.05) is 0 Å². The first-order chi connectivity index (χ1) is 5.01. The van der Waals surface area contributed by atoms with Crippen LogP contribution in [0.1, 0.15) is 32.6 Å². The first-order valence-corrected chi connectivity index (χ1v) is 4.07. The van der Waals surface area contributed by atoms with Crippen molar-refractivity contribution in [3.63, 3.8) is 0 Å². The molecule has 0 saturated heterocycles. The van der Waals surface area contributed by atoms with Gasteiger partial charge in [-0.05, 0) is 25.7 Å². The van der Waals surface area contributed by atoms with E-state index in [1.165, 1.54) is 0 Å². The predicted molar refractivity (Wildman–Crippen MR) is 38.6 cm³/mol.